The molecule has 0 aromatic carbocycles. The molecule has 0 aliphatic heterocycles. The van der Waals surface area contributed by atoms with Crippen molar-refractivity contribution >= 4 is 110 Å². The van der Waals surface area contributed by atoms with E-state index in [-0.39, 0.29) is 0 Å². The van der Waals surface area contributed by atoms with E-state index in [2.05, 4.69) is 325 Å². The molecule has 0 saturated carbocycles. The van der Waals surface area contributed by atoms with Crippen LogP contribution in [0.3, 0.4) is 0 Å². The first-order chi connectivity index (χ1) is 66.8. The molecule has 0 unspecified atom stereocenters. The van der Waals surface area contributed by atoms with Crippen molar-refractivity contribution in [2.24, 2.45) is 0 Å². The van der Waals surface area contributed by atoms with Gasteiger partial charge in [0.25, 0.3) is 0 Å². The second-order valence-electron chi connectivity index (χ2n) is 37.7. The molecule has 0 radical (unpaired) electrons. The molecule has 0 amide bonds. The van der Waals surface area contributed by atoms with Crippen molar-refractivity contribution in [3.8, 4) is 0 Å². The lowest BCUT2D eigenvalue weighted by molar-refractivity contribution is 0.793. The standard InChI is InChI=1S/2C12H14N2.5C11H13N3.3C10H12N4/c1-8(2)10-4-5-13-11-6-9(3)7-14-12(10)11;1-8(2)11-12-10(4-5-13-11)6-9(3)7-14-12;1-7(2)9-6-13-14-10-4-8(3)5-12-11(9)10;1-7(2)10-11-9(13-6-14-10)4-8(3)5-12-11;1-7(2)10-11-9(6-13-14-10)4-8(3)5-12-11;1-7(2)10-11-9(4-5-12-10)14-8(3)6-13-11;1-7(2)9-4-5-12-11-10(9)13-6-8(3)14-11;1-6(2)8-9-10(13-5-12-8)14-7(3)4-11-9;1-6(2)9-10-8(5-12-14-9)13-7(3)4-11-10;1-6(2)8-5-12-14-10-9(8)11-4-7(3)13-10/h2*4-8H,1-3H3;5*4-7H,1-3H3;3*4-6H,1-3H3. The largest absolute Gasteiger partial charge is 0.259 e. The number of pyridine rings is 9. The predicted molar refractivity (Wildman–Crippen MR) is 559 cm³/mol. The van der Waals surface area contributed by atoms with E-state index < -0.39 is 0 Å². The highest BCUT2D eigenvalue weighted by molar-refractivity contribution is 5.84. The van der Waals surface area contributed by atoms with Crippen molar-refractivity contribution in [2.45, 2.75) is 267 Å². The number of hydrogen-bond donors (Lipinski definition) is 0. The molecule has 0 spiro atoms. The summed E-state index contributed by atoms with van der Waals surface area (Å²) in [4.78, 5) is 99.5. The number of fused-ring (bicyclic) bond motifs is 10. The normalized spacial score (nSPS) is 11.1. The van der Waals surface area contributed by atoms with E-state index in [1.165, 1.54) is 22.1 Å². The molecule has 31 heteroatoms. The van der Waals surface area contributed by atoms with Gasteiger partial charge in [-0.2, -0.15) is 30.6 Å². The second-order valence-corrected chi connectivity index (χ2v) is 37.7. The molecule has 140 heavy (non-hydrogen) atoms. The monoisotopic (exact) mass is 1870 g/mol. The summed E-state index contributed by atoms with van der Waals surface area (Å²) in [6.45, 7) is 62.2. The fourth-order valence-corrected chi connectivity index (χ4v) is 14.8. The molecular formula is C109H129N31. The number of aryl methyl sites for hydroxylation is 10. The average molecular weight is 1870 g/mol. The topological polar surface area (TPSA) is 400 Å². The highest BCUT2D eigenvalue weighted by atomic mass is 15.1. The van der Waals surface area contributed by atoms with Crippen molar-refractivity contribution in [3.05, 3.63) is 291 Å². The molecule has 20 rings (SSSR count). The Labute approximate surface area is 819 Å². The zero-order chi connectivity index (χ0) is 101. The lowest BCUT2D eigenvalue weighted by atomic mass is 10.0. The first-order valence-electron chi connectivity index (χ1n) is 47.5. The van der Waals surface area contributed by atoms with Gasteiger partial charge in [-0.25, -0.2) is 54.8 Å². The Morgan fingerprint density at radius 1 is 0.179 bits per heavy atom. The Bertz CT molecular complexity index is 6110. The van der Waals surface area contributed by atoms with Gasteiger partial charge in [0.05, 0.1) is 126 Å². The van der Waals surface area contributed by atoms with Crippen LogP contribution in [0.25, 0.3) is 110 Å². The third kappa shape index (κ3) is 28.1. The fraction of sp³-hybridized carbons (Fsp3) is 0.367. The van der Waals surface area contributed by atoms with Gasteiger partial charge in [-0.3, -0.25) is 59.8 Å². The van der Waals surface area contributed by atoms with E-state index in [0.717, 1.165) is 190 Å². The number of nitrogens with zero attached hydrogens (tertiary/aromatic N) is 31. The summed E-state index contributed by atoms with van der Waals surface area (Å²) in [5, 5.41) is 34.3. The first-order valence-corrected chi connectivity index (χ1v) is 47.5. The van der Waals surface area contributed by atoms with Crippen molar-refractivity contribution in [3.63, 3.8) is 0 Å². The molecule has 0 aliphatic rings. The van der Waals surface area contributed by atoms with Gasteiger partial charge in [0.1, 0.15) is 56.8 Å². The number of rotatable bonds is 10. The summed E-state index contributed by atoms with van der Waals surface area (Å²) in [6, 6.07) is 18.3. The van der Waals surface area contributed by atoms with Crippen LogP contribution in [0, 0.1) is 69.2 Å². The highest BCUT2D eigenvalue weighted by Gasteiger charge is 2.18. The van der Waals surface area contributed by atoms with Gasteiger partial charge in [0, 0.05) is 109 Å². The molecule has 0 atom stereocenters. The molecule has 20 heterocycles. The smallest absolute Gasteiger partial charge is 0.200 e. The van der Waals surface area contributed by atoms with E-state index in [4.69, 9.17) is 0 Å². The molecule has 0 aliphatic carbocycles. The number of hydrogen-bond acceptors (Lipinski definition) is 31. The molecule has 20 aromatic heterocycles. The van der Waals surface area contributed by atoms with Gasteiger partial charge < -0.3 is 0 Å². The average Bonchev–Trinajstić information content (AvgIpc) is 0.872. The Morgan fingerprint density at radius 3 is 1.04 bits per heavy atom. The summed E-state index contributed by atoms with van der Waals surface area (Å²) in [7, 11) is 0. The maximum Gasteiger partial charge on any atom is 0.200 e. The van der Waals surface area contributed by atoms with Gasteiger partial charge >= 0.3 is 0 Å². The van der Waals surface area contributed by atoms with Crippen LogP contribution in [0.5, 0.6) is 0 Å². The third-order valence-corrected chi connectivity index (χ3v) is 21.9. The Balaban J connectivity index is 0.000000149. The summed E-state index contributed by atoms with van der Waals surface area (Å²) >= 11 is 0. The third-order valence-electron chi connectivity index (χ3n) is 21.9. The lowest BCUT2D eigenvalue weighted by Gasteiger charge is -2.08. The van der Waals surface area contributed by atoms with Crippen molar-refractivity contribution < 1.29 is 0 Å². The Kier molecular flexibility index (Phi) is 37.0. The second kappa shape index (κ2) is 49.2. The Morgan fingerprint density at radius 2 is 0.507 bits per heavy atom. The van der Waals surface area contributed by atoms with Gasteiger partial charge in [0.2, 0.25) is 5.65 Å². The molecule has 0 bridgehead atoms. The van der Waals surface area contributed by atoms with Crippen LogP contribution in [0.1, 0.15) is 310 Å². The van der Waals surface area contributed by atoms with Crippen molar-refractivity contribution in [1.29, 1.82) is 0 Å². The van der Waals surface area contributed by atoms with E-state index in [9.17, 15) is 0 Å². The molecule has 31 nitrogen and oxygen atoms in total. The van der Waals surface area contributed by atoms with Crippen LogP contribution in [-0.4, -0.2) is 155 Å². The number of aromatic nitrogens is 31. The van der Waals surface area contributed by atoms with Gasteiger partial charge in [-0.1, -0.05) is 138 Å². The Hall–Kier alpha value is -15.2. The molecular weight excluding hydrogens is 1740 g/mol. The SMILES string of the molecule is Cc1cnc2c(C(C)C)ccnc2c1.Cc1cnc2c(C(C)C)ccnc2n1.Cc1cnc2c(C(C)C)cnnc2c1.Cc1cnc2c(C(C)C)cnnc2n1.Cc1cnc2c(C(C)C)nccc2c1.Cc1cnc2c(C(C)C)nccc2n1.Cc1cnc2c(C(C)C)ncnc2c1.Cc1cnc2c(C(C)C)ncnc2n1.Cc1cnc2c(C(C)C)nncc2c1.Cc1cnc2c(C(C)C)nncc2n1. The lowest BCUT2D eigenvalue weighted by Crippen LogP contribution is -2.00. The molecule has 0 fully saturated rings. The summed E-state index contributed by atoms with van der Waals surface area (Å²) in [5.74, 6) is 4.00. The minimum Gasteiger partial charge on any atom is -0.259 e. The van der Waals surface area contributed by atoms with E-state index in [1.54, 1.807) is 80.8 Å². The zero-order valence-corrected chi connectivity index (χ0v) is 86.4. The summed E-state index contributed by atoms with van der Waals surface area (Å²) in [5.41, 5.74) is 36.9. The van der Waals surface area contributed by atoms with E-state index in [0.29, 0.717) is 70.5 Å². The molecule has 0 N–H and O–H groups in total. The predicted octanol–water partition coefficient (Wildman–Crippen LogP) is 24.0. The minimum atomic E-state index is 0.322. The van der Waals surface area contributed by atoms with Crippen LogP contribution in [0.2, 0.25) is 0 Å². The highest BCUT2D eigenvalue weighted by Crippen LogP contribution is 2.30. The maximum atomic E-state index is 4.44. The van der Waals surface area contributed by atoms with Crippen LogP contribution in [-0.2, 0) is 0 Å². The van der Waals surface area contributed by atoms with Gasteiger partial charge in [0.15, 0.2) is 11.3 Å². The summed E-state index contributed by atoms with van der Waals surface area (Å²) < 4.78 is 0. The van der Waals surface area contributed by atoms with Crippen LogP contribution in [0.4, 0.5) is 0 Å². The maximum absolute atomic E-state index is 4.44. The molecule has 720 valence electrons. The van der Waals surface area contributed by atoms with Gasteiger partial charge in [-0.05, 0) is 222 Å². The minimum absolute atomic E-state index is 0.322. The van der Waals surface area contributed by atoms with Crippen molar-refractivity contribution in [2.75, 3.05) is 0 Å². The molecule has 20 aromatic rings. The van der Waals surface area contributed by atoms with Crippen LogP contribution < -0.4 is 0 Å². The van der Waals surface area contributed by atoms with Crippen molar-refractivity contribution in [1.82, 2.24) is 155 Å². The van der Waals surface area contributed by atoms with Gasteiger partial charge in [-0.15, -0.1) is 10.2 Å². The summed E-state index contributed by atoms with van der Waals surface area (Å²) in [6.07, 6.45) is 35.7. The first kappa shape index (κ1) is 105. The fourth-order valence-electron chi connectivity index (χ4n) is 14.8. The van der Waals surface area contributed by atoms with Crippen LogP contribution >= 0.6 is 0 Å². The van der Waals surface area contributed by atoms with E-state index in [1.807, 2.05) is 136 Å². The zero-order valence-electron chi connectivity index (χ0n) is 86.4. The van der Waals surface area contributed by atoms with Crippen LogP contribution in [0.15, 0.2) is 179 Å². The quantitative estimate of drug-likeness (QED) is 0.123. The molecule has 0 saturated heterocycles. The van der Waals surface area contributed by atoms with E-state index >= 15 is 0 Å².